The van der Waals surface area contributed by atoms with Gasteiger partial charge in [-0.05, 0) is 25.1 Å². The van der Waals surface area contributed by atoms with Crippen molar-refractivity contribution in [2.24, 2.45) is 5.73 Å². The summed E-state index contributed by atoms with van der Waals surface area (Å²) in [5.41, 5.74) is 6.59. The maximum atomic E-state index is 5.59. The van der Waals surface area contributed by atoms with Crippen LogP contribution in [0.1, 0.15) is 12.5 Å². The molecule has 14 heavy (non-hydrogen) atoms. The standard InChI is InChI=1S/C11H15NO2/c1-8-6-9-7-10(13-5-4-12)2-3-11(9)14-8/h2-3,7-8H,4-6,12H2,1H3. The van der Waals surface area contributed by atoms with Crippen LogP contribution in [0, 0.1) is 0 Å². The summed E-state index contributed by atoms with van der Waals surface area (Å²) in [5.74, 6) is 1.87. The highest BCUT2D eigenvalue weighted by atomic mass is 16.5. The van der Waals surface area contributed by atoms with Crippen molar-refractivity contribution in [3.8, 4) is 11.5 Å². The Hall–Kier alpha value is -1.22. The Balaban J connectivity index is 2.12. The van der Waals surface area contributed by atoms with Gasteiger partial charge < -0.3 is 15.2 Å². The number of nitrogens with two attached hydrogens (primary N) is 1. The summed E-state index contributed by atoms with van der Waals surface area (Å²) in [7, 11) is 0. The number of benzene rings is 1. The fourth-order valence-electron chi connectivity index (χ4n) is 1.66. The molecule has 0 aromatic heterocycles. The third kappa shape index (κ3) is 1.82. The molecule has 0 bridgehead atoms. The van der Waals surface area contributed by atoms with Gasteiger partial charge in [0.05, 0.1) is 0 Å². The van der Waals surface area contributed by atoms with E-state index in [1.165, 1.54) is 5.56 Å². The van der Waals surface area contributed by atoms with Crippen LogP contribution in [0.4, 0.5) is 0 Å². The molecule has 0 fully saturated rings. The van der Waals surface area contributed by atoms with Crippen molar-refractivity contribution < 1.29 is 9.47 Å². The zero-order valence-corrected chi connectivity index (χ0v) is 8.32. The predicted octanol–water partition coefficient (Wildman–Crippen LogP) is 1.35. The Bertz CT molecular complexity index is 325. The summed E-state index contributed by atoms with van der Waals surface area (Å²) in [4.78, 5) is 0. The number of ether oxygens (including phenoxy) is 2. The van der Waals surface area contributed by atoms with Gasteiger partial charge in [0, 0.05) is 18.5 Å². The van der Waals surface area contributed by atoms with E-state index < -0.39 is 0 Å². The Morgan fingerprint density at radius 1 is 1.57 bits per heavy atom. The van der Waals surface area contributed by atoms with E-state index >= 15 is 0 Å². The van der Waals surface area contributed by atoms with Crippen molar-refractivity contribution in [2.45, 2.75) is 19.4 Å². The van der Waals surface area contributed by atoms with Gasteiger partial charge in [0.2, 0.25) is 0 Å². The summed E-state index contributed by atoms with van der Waals surface area (Å²) in [6.45, 7) is 3.18. The first-order valence-electron chi connectivity index (χ1n) is 4.92. The van der Waals surface area contributed by atoms with E-state index in [0.717, 1.165) is 17.9 Å². The zero-order chi connectivity index (χ0) is 9.97. The molecule has 3 heteroatoms. The minimum absolute atomic E-state index is 0.287. The maximum absolute atomic E-state index is 5.59. The van der Waals surface area contributed by atoms with Crippen LogP contribution in [0.3, 0.4) is 0 Å². The van der Waals surface area contributed by atoms with Crippen LogP contribution < -0.4 is 15.2 Å². The number of fused-ring (bicyclic) bond motifs is 1. The van der Waals surface area contributed by atoms with E-state index in [9.17, 15) is 0 Å². The minimum Gasteiger partial charge on any atom is -0.492 e. The van der Waals surface area contributed by atoms with Crippen LogP contribution in [0.15, 0.2) is 18.2 Å². The SMILES string of the molecule is CC1Cc2cc(OCCN)ccc2O1. The lowest BCUT2D eigenvalue weighted by molar-refractivity contribution is 0.254. The average molecular weight is 193 g/mol. The van der Waals surface area contributed by atoms with E-state index in [1.807, 2.05) is 18.2 Å². The molecular formula is C11H15NO2. The largest absolute Gasteiger partial charge is 0.492 e. The first kappa shape index (κ1) is 9.34. The van der Waals surface area contributed by atoms with Crippen LogP contribution in [-0.4, -0.2) is 19.3 Å². The van der Waals surface area contributed by atoms with Gasteiger partial charge in [-0.25, -0.2) is 0 Å². The van der Waals surface area contributed by atoms with Gasteiger partial charge in [-0.1, -0.05) is 0 Å². The molecule has 0 saturated carbocycles. The molecule has 0 aliphatic carbocycles. The van der Waals surface area contributed by atoms with Crippen molar-refractivity contribution in [1.29, 1.82) is 0 Å². The van der Waals surface area contributed by atoms with Gasteiger partial charge in [0.25, 0.3) is 0 Å². The number of rotatable bonds is 3. The molecule has 0 amide bonds. The van der Waals surface area contributed by atoms with Crippen molar-refractivity contribution in [3.05, 3.63) is 23.8 Å². The highest BCUT2D eigenvalue weighted by Gasteiger charge is 2.18. The lowest BCUT2D eigenvalue weighted by Crippen LogP contribution is -2.10. The van der Waals surface area contributed by atoms with Crippen molar-refractivity contribution >= 4 is 0 Å². The molecule has 1 aromatic rings. The van der Waals surface area contributed by atoms with Gasteiger partial charge in [0.1, 0.15) is 24.2 Å². The molecule has 76 valence electrons. The number of hydrogen-bond donors (Lipinski definition) is 1. The van der Waals surface area contributed by atoms with Gasteiger partial charge in [-0.2, -0.15) is 0 Å². The molecule has 0 spiro atoms. The molecule has 1 unspecified atom stereocenters. The van der Waals surface area contributed by atoms with Gasteiger partial charge in [-0.15, -0.1) is 0 Å². The van der Waals surface area contributed by atoms with Gasteiger partial charge >= 0.3 is 0 Å². The first-order chi connectivity index (χ1) is 6.79. The molecule has 1 aliphatic heterocycles. The van der Waals surface area contributed by atoms with Crippen molar-refractivity contribution in [2.75, 3.05) is 13.2 Å². The summed E-state index contributed by atoms with van der Waals surface area (Å²) in [5, 5.41) is 0. The van der Waals surface area contributed by atoms with Crippen LogP contribution >= 0.6 is 0 Å². The molecule has 1 aliphatic rings. The van der Waals surface area contributed by atoms with Gasteiger partial charge in [-0.3, -0.25) is 0 Å². The molecule has 0 saturated heterocycles. The maximum Gasteiger partial charge on any atom is 0.123 e. The van der Waals surface area contributed by atoms with E-state index in [4.69, 9.17) is 15.2 Å². The molecular weight excluding hydrogens is 178 g/mol. The third-order valence-electron chi connectivity index (χ3n) is 2.25. The fourth-order valence-corrected chi connectivity index (χ4v) is 1.66. The normalized spacial score (nSPS) is 18.9. The summed E-state index contributed by atoms with van der Waals surface area (Å²) in [6, 6.07) is 5.92. The molecule has 2 rings (SSSR count). The number of hydrogen-bond acceptors (Lipinski definition) is 3. The van der Waals surface area contributed by atoms with E-state index in [1.54, 1.807) is 0 Å². The molecule has 1 atom stereocenters. The second kappa shape index (κ2) is 3.88. The zero-order valence-electron chi connectivity index (χ0n) is 8.32. The monoisotopic (exact) mass is 193 g/mol. The summed E-state index contributed by atoms with van der Waals surface area (Å²) >= 11 is 0. The molecule has 3 nitrogen and oxygen atoms in total. The molecule has 0 radical (unpaired) electrons. The quantitative estimate of drug-likeness (QED) is 0.788. The van der Waals surface area contributed by atoms with Crippen LogP contribution in [-0.2, 0) is 6.42 Å². The lowest BCUT2D eigenvalue weighted by Gasteiger charge is -2.05. The summed E-state index contributed by atoms with van der Waals surface area (Å²) < 4.78 is 11.0. The van der Waals surface area contributed by atoms with E-state index in [0.29, 0.717) is 13.2 Å². The fraction of sp³-hybridized carbons (Fsp3) is 0.455. The molecule has 1 aromatic carbocycles. The molecule has 1 heterocycles. The van der Waals surface area contributed by atoms with Crippen LogP contribution in [0.25, 0.3) is 0 Å². The average Bonchev–Trinajstić information content (AvgIpc) is 2.54. The van der Waals surface area contributed by atoms with E-state index in [2.05, 4.69) is 6.92 Å². The third-order valence-corrected chi connectivity index (χ3v) is 2.25. The van der Waals surface area contributed by atoms with Crippen molar-refractivity contribution in [3.63, 3.8) is 0 Å². The Morgan fingerprint density at radius 3 is 3.21 bits per heavy atom. The highest BCUT2D eigenvalue weighted by Crippen LogP contribution is 2.31. The van der Waals surface area contributed by atoms with Crippen LogP contribution in [0.5, 0.6) is 11.5 Å². The Morgan fingerprint density at radius 2 is 2.43 bits per heavy atom. The lowest BCUT2D eigenvalue weighted by atomic mass is 10.1. The van der Waals surface area contributed by atoms with Gasteiger partial charge in [0.15, 0.2) is 0 Å². The first-order valence-corrected chi connectivity index (χ1v) is 4.92. The summed E-state index contributed by atoms with van der Waals surface area (Å²) in [6.07, 6.45) is 1.25. The second-order valence-corrected chi connectivity index (χ2v) is 3.54. The topological polar surface area (TPSA) is 44.5 Å². The van der Waals surface area contributed by atoms with Crippen molar-refractivity contribution in [1.82, 2.24) is 0 Å². The van der Waals surface area contributed by atoms with Crippen LogP contribution in [0.2, 0.25) is 0 Å². The Kier molecular flexibility index (Phi) is 2.59. The molecule has 2 N–H and O–H groups in total. The smallest absolute Gasteiger partial charge is 0.123 e. The predicted molar refractivity (Wildman–Crippen MR) is 54.8 cm³/mol. The second-order valence-electron chi connectivity index (χ2n) is 3.54. The minimum atomic E-state index is 0.287. The Labute approximate surface area is 83.8 Å². The van der Waals surface area contributed by atoms with E-state index in [-0.39, 0.29) is 6.10 Å². The highest BCUT2D eigenvalue weighted by molar-refractivity contribution is 5.43.